The van der Waals surface area contributed by atoms with Crippen LogP contribution in [-0.4, -0.2) is 24.4 Å². The van der Waals surface area contributed by atoms with Gasteiger partial charge < -0.3 is 5.32 Å². The van der Waals surface area contributed by atoms with Gasteiger partial charge in [0.2, 0.25) is 0 Å². The first-order valence-electron chi connectivity index (χ1n) is 6.62. The summed E-state index contributed by atoms with van der Waals surface area (Å²) in [6.45, 7) is 5.61. The monoisotopic (exact) mass is 270 g/mol. The van der Waals surface area contributed by atoms with Gasteiger partial charge in [-0.1, -0.05) is 0 Å². The first-order valence-corrected chi connectivity index (χ1v) is 6.62. The van der Waals surface area contributed by atoms with E-state index in [1.54, 1.807) is 0 Å². The first-order chi connectivity index (χ1) is 9.63. The second-order valence-corrected chi connectivity index (χ2v) is 5.03. The highest BCUT2D eigenvalue weighted by Gasteiger charge is 2.04. The predicted octanol–water partition coefficient (Wildman–Crippen LogP) is 1.37. The Morgan fingerprint density at radius 3 is 2.80 bits per heavy atom. The zero-order chi connectivity index (χ0) is 14.1. The van der Waals surface area contributed by atoms with Crippen molar-refractivity contribution in [1.29, 1.82) is 0 Å². The van der Waals surface area contributed by atoms with E-state index >= 15 is 0 Å². The fourth-order valence-corrected chi connectivity index (χ4v) is 2.18. The molecule has 0 saturated heterocycles. The lowest BCUT2D eigenvalue weighted by Crippen LogP contribution is -2.14. The maximum absolute atomic E-state index is 4.39. The summed E-state index contributed by atoms with van der Waals surface area (Å²) in [5.74, 6) is 0. The van der Waals surface area contributed by atoms with Crippen molar-refractivity contribution in [3.8, 4) is 0 Å². The second kappa shape index (κ2) is 5.05. The molecule has 104 valence electrons. The molecule has 3 rings (SSSR count). The Labute approximate surface area is 117 Å². The lowest BCUT2D eigenvalue weighted by atomic mass is 10.2. The van der Waals surface area contributed by atoms with Gasteiger partial charge in [0, 0.05) is 55.4 Å². The minimum atomic E-state index is 0.760. The molecular formula is C14H18N6. The van der Waals surface area contributed by atoms with Crippen LogP contribution in [-0.2, 0) is 20.1 Å². The van der Waals surface area contributed by atoms with Gasteiger partial charge in [0.25, 0.3) is 0 Å². The highest BCUT2D eigenvalue weighted by atomic mass is 15.3. The maximum Gasteiger partial charge on any atom is 0.155 e. The van der Waals surface area contributed by atoms with E-state index in [1.807, 2.05) is 47.8 Å². The third-order valence-corrected chi connectivity index (χ3v) is 3.47. The van der Waals surface area contributed by atoms with Gasteiger partial charge in [0.1, 0.15) is 0 Å². The molecule has 20 heavy (non-hydrogen) atoms. The van der Waals surface area contributed by atoms with Crippen molar-refractivity contribution >= 4 is 5.65 Å². The van der Waals surface area contributed by atoms with Crippen molar-refractivity contribution in [3.63, 3.8) is 0 Å². The van der Waals surface area contributed by atoms with Crippen molar-refractivity contribution in [2.24, 2.45) is 7.05 Å². The number of rotatable bonds is 4. The van der Waals surface area contributed by atoms with Gasteiger partial charge in [-0.25, -0.2) is 9.50 Å². The highest BCUT2D eigenvalue weighted by Crippen LogP contribution is 2.07. The molecule has 3 heterocycles. The van der Waals surface area contributed by atoms with E-state index in [1.165, 1.54) is 11.3 Å². The molecule has 0 spiro atoms. The van der Waals surface area contributed by atoms with Gasteiger partial charge in [-0.2, -0.15) is 10.2 Å². The van der Waals surface area contributed by atoms with E-state index in [4.69, 9.17) is 0 Å². The van der Waals surface area contributed by atoms with Crippen molar-refractivity contribution in [2.45, 2.75) is 26.9 Å². The van der Waals surface area contributed by atoms with Gasteiger partial charge in [-0.05, 0) is 13.8 Å². The molecule has 0 aliphatic carbocycles. The van der Waals surface area contributed by atoms with Crippen molar-refractivity contribution < 1.29 is 0 Å². The molecule has 0 fully saturated rings. The summed E-state index contributed by atoms with van der Waals surface area (Å²) >= 11 is 0. The molecule has 6 nitrogen and oxygen atoms in total. The fraction of sp³-hybridized carbons (Fsp3) is 0.357. The minimum absolute atomic E-state index is 0.760. The second-order valence-electron chi connectivity index (χ2n) is 5.03. The summed E-state index contributed by atoms with van der Waals surface area (Å²) in [6.07, 6.45) is 5.80. The standard InChI is InChI=1S/C14H18N6/c1-10-4-14-16-6-12(9-20(14)18-10)5-15-7-13-8-17-19(3)11(13)2/h4,6,8-9,15H,5,7H2,1-3H3. The summed E-state index contributed by atoms with van der Waals surface area (Å²) < 4.78 is 3.71. The quantitative estimate of drug-likeness (QED) is 0.778. The number of nitrogens with zero attached hydrogens (tertiary/aromatic N) is 5. The van der Waals surface area contributed by atoms with E-state index in [9.17, 15) is 0 Å². The van der Waals surface area contributed by atoms with E-state index < -0.39 is 0 Å². The summed E-state index contributed by atoms with van der Waals surface area (Å²) in [5.41, 5.74) is 5.38. The first kappa shape index (κ1) is 12.8. The zero-order valence-corrected chi connectivity index (χ0v) is 12.0. The van der Waals surface area contributed by atoms with Crippen LogP contribution in [0.2, 0.25) is 0 Å². The van der Waals surface area contributed by atoms with Gasteiger partial charge in [0.05, 0.1) is 11.9 Å². The number of nitrogens with one attached hydrogen (secondary N) is 1. The van der Waals surface area contributed by atoms with Gasteiger partial charge in [-0.3, -0.25) is 4.68 Å². The van der Waals surface area contributed by atoms with Crippen LogP contribution in [0.1, 0.15) is 22.5 Å². The fourth-order valence-electron chi connectivity index (χ4n) is 2.18. The lowest BCUT2D eigenvalue weighted by Gasteiger charge is -2.05. The van der Waals surface area contributed by atoms with Crippen LogP contribution in [0.4, 0.5) is 0 Å². The average Bonchev–Trinajstić information content (AvgIpc) is 2.94. The predicted molar refractivity (Wildman–Crippen MR) is 76.2 cm³/mol. The Hall–Kier alpha value is -2.21. The van der Waals surface area contributed by atoms with Crippen LogP contribution >= 0.6 is 0 Å². The molecule has 0 saturated carbocycles. The Kier molecular flexibility index (Phi) is 3.23. The SMILES string of the molecule is Cc1cc2ncc(CNCc3cnn(C)c3C)cn2n1. The highest BCUT2D eigenvalue weighted by molar-refractivity contribution is 5.38. The number of fused-ring (bicyclic) bond motifs is 1. The van der Waals surface area contributed by atoms with Gasteiger partial charge in [0.15, 0.2) is 5.65 Å². The average molecular weight is 270 g/mol. The van der Waals surface area contributed by atoms with E-state index in [-0.39, 0.29) is 0 Å². The van der Waals surface area contributed by atoms with Crippen molar-refractivity contribution in [2.75, 3.05) is 0 Å². The van der Waals surface area contributed by atoms with Crippen LogP contribution < -0.4 is 5.32 Å². The van der Waals surface area contributed by atoms with Crippen molar-refractivity contribution in [3.05, 3.63) is 47.2 Å². The van der Waals surface area contributed by atoms with Crippen LogP contribution in [0, 0.1) is 13.8 Å². The number of aryl methyl sites for hydroxylation is 2. The van der Waals surface area contributed by atoms with Crippen LogP contribution in [0.15, 0.2) is 24.7 Å². The minimum Gasteiger partial charge on any atom is -0.308 e. The molecule has 1 N–H and O–H groups in total. The van der Waals surface area contributed by atoms with E-state index in [0.29, 0.717) is 0 Å². The Morgan fingerprint density at radius 1 is 1.20 bits per heavy atom. The largest absolute Gasteiger partial charge is 0.308 e. The molecule has 3 aromatic rings. The molecule has 3 aromatic heterocycles. The van der Waals surface area contributed by atoms with Gasteiger partial charge >= 0.3 is 0 Å². The van der Waals surface area contributed by atoms with Gasteiger partial charge in [-0.15, -0.1) is 0 Å². The van der Waals surface area contributed by atoms with E-state index in [0.717, 1.165) is 30.0 Å². The van der Waals surface area contributed by atoms with Crippen LogP contribution in [0.5, 0.6) is 0 Å². The molecule has 0 atom stereocenters. The van der Waals surface area contributed by atoms with Crippen LogP contribution in [0.3, 0.4) is 0 Å². The Morgan fingerprint density at radius 2 is 2.05 bits per heavy atom. The molecule has 0 unspecified atom stereocenters. The lowest BCUT2D eigenvalue weighted by molar-refractivity contribution is 0.678. The zero-order valence-electron chi connectivity index (χ0n) is 12.0. The molecule has 6 heteroatoms. The van der Waals surface area contributed by atoms with Crippen LogP contribution in [0.25, 0.3) is 5.65 Å². The summed E-state index contributed by atoms with van der Waals surface area (Å²) in [6, 6.07) is 1.97. The molecule has 0 amide bonds. The molecule has 0 aliphatic heterocycles. The third kappa shape index (κ3) is 2.42. The Balaban J connectivity index is 1.66. The number of hydrogen-bond donors (Lipinski definition) is 1. The molecule has 0 bridgehead atoms. The molecule has 0 radical (unpaired) electrons. The topological polar surface area (TPSA) is 60.0 Å². The molecular weight excluding hydrogens is 252 g/mol. The molecule has 0 aliphatic rings. The number of aromatic nitrogens is 5. The molecule has 0 aromatic carbocycles. The normalized spacial score (nSPS) is 11.3. The summed E-state index contributed by atoms with van der Waals surface area (Å²) in [4.78, 5) is 4.39. The van der Waals surface area contributed by atoms with E-state index in [2.05, 4.69) is 27.4 Å². The number of hydrogen-bond acceptors (Lipinski definition) is 4. The third-order valence-electron chi connectivity index (χ3n) is 3.47. The van der Waals surface area contributed by atoms with Crippen molar-refractivity contribution in [1.82, 2.24) is 29.7 Å². The maximum atomic E-state index is 4.39. The Bertz CT molecular complexity index is 739. The smallest absolute Gasteiger partial charge is 0.155 e. The summed E-state index contributed by atoms with van der Waals surface area (Å²) in [5, 5.41) is 12.0. The summed E-state index contributed by atoms with van der Waals surface area (Å²) in [7, 11) is 1.96.